The number of ether oxygens (including phenoxy) is 3. The second-order valence-electron chi connectivity index (χ2n) is 7.88. The number of carbonyl (C=O) groups is 2. The highest BCUT2D eigenvalue weighted by Crippen LogP contribution is 2.29. The van der Waals surface area contributed by atoms with Gasteiger partial charge in [-0.1, -0.05) is 0 Å². The quantitative estimate of drug-likeness (QED) is 0.581. The van der Waals surface area contributed by atoms with Crippen LogP contribution in [0.1, 0.15) is 31.1 Å². The lowest BCUT2D eigenvalue weighted by Crippen LogP contribution is -2.53. The standard InChI is InChI=1S/C25H33N3O5/c1-5-32-21-11-12-23(33-6-2)22(15-21)26-24(29)17-27-13-14-28(16-18(27)3)20-9-7-19(8-10-20)25(30)31-4/h7-12,15,18H,5-6,13-14,16-17H2,1-4H3,(H,26,29). The molecule has 1 N–H and O–H groups in total. The third kappa shape index (κ3) is 6.38. The van der Waals surface area contributed by atoms with Crippen molar-refractivity contribution in [1.82, 2.24) is 4.90 Å². The molecule has 0 radical (unpaired) electrons. The normalized spacial score (nSPS) is 16.2. The predicted octanol–water partition coefficient (Wildman–Crippen LogP) is 3.42. The molecule has 0 aliphatic carbocycles. The Morgan fingerprint density at radius 1 is 1.03 bits per heavy atom. The van der Waals surface area contributed by atoms with Gasteiger partial charge in [0.05, 0.1) is 38.1 Å². The molecule has 2 aromatic rings. The molecule has 1 heterocycles. The lowest BCUT2D eigenvalue weighted by atomic mass is 10.1. The minimum Gasteiger partial charge on any atom is -0.494 e. The first-order valence-electron chi connectivity index (χ1n) is 11.3. The van der Waals surface area contributed by atoms with Gasteiger partial charge in [0, 0.05) is 37.4 Å². The van der Waals surface area contributed by atoms with Crippen molar-refractivity contribution < 1.29 is 23.8 Å². The van der Waals surface area contributed by atoms with Crippen molar-refractivity contribution >= 4 is 23.3 Å². The first-order chi connectivity index (χ1) is 15.9. The van der Waals surface area contributed by atoms with Crippen LogP contribution in [0, 0.1) is 0 Å². The molecular formula is C25H33N3O5. The molecule has 178 valence electrons. The molecule has 8 nitrogen and oxygen atoms in total. The second-order valence-corrected chi connectivity index (χ2v) is 7.88. The molecule has 0 saturated carbocycles. The van der Waals surface area contributed by atoms with Gasteiger partial charge in [0.2, 0.25) is 5.91 Å². The fourth-order valence-electron chi connectivity index (χ4n) is 3.91. The maximum absolute atomic E-state index is 12.8. The summed E-state index contributed by atoms with van der Waals surface area (Å²) in [7, 11) is 1.38. The van der Waals surface area contributed by atoms with Gasteiger partial charge in [-0.25, -0.2) is 4.79 Å². The van der Waals surface area contributed by atoms with Crippen molar-refractivity contribution in [3.63, 3.8) is 0 Å². The molecule has 1 atom stereocenters. The first kappa shape index (κ1) is 24.4. The van der Waals surface area contributed by atoms with Crippen LogP contribution in [0.5, 0.6) is 11.5 Å². The van der Waals surface area contributed by atoms with E-state index in [9.17, 15) is 9.59 Å². The number of nitrogens with one attached hydrogen (secondary N) is 1. The number of hydrogen-bond acceptors (Lipinski definition) is 7. The molecule has 1 fully saturated rings. The van der Waals surface area contributed by atoms with Crippen LogP contribution in [0.15, 0.2) is 42.5 Å². The number of amides is 1. The van der Waals surface area contributed by atoms with Gasteiger partial charge in [0.1, 0.15) is 11.5 Å². The van der Waals surface area contributed by atoms with Crippen LogP contribution < -0.4 is 19.7 Å². The molecule has 1 unspecified atom stereocenters. The maximum atomic E-state index is 12.8. The third-order valence-electron chi connectivity index (χ3n) is 5.60. The molecule has 8 heteroatoms. The van der Waals surface area contributed by atoms with Gasteiger partial charge in [-0.2, -0.15) is 0 Å². The summed E-state index contributed by atoms with van der Waals surface area (Å²) in [6.45, 7) is 9.63. The molecule has 1 aliphatic heterocycles. The minimum atomic E-state index is -0.343. The summed E-state index contributed by atoms with van der Waals surface area (Å²) in [6.07, 6.45) is 0. The largest absolute Gasteiger partial charge is 0.494 e. The van der Waals surface area contributed by atoms with E-state index < -0.39 is 0 Å². The van der Waals surface area contributed by atoms with Crippen LogP contribution in [-0.2, 0) is 9.53 Å². The summed E-state index contributed by atoms with van der Waals surface area (Å²) in [5, 5.41) is 2.98. The van der Waals surface area contributed by atoms with Crippen LogP contribution in [-0.4, -0.2) is 69.3 Å². The van der Waals surface area contributed by atoms with E-state index in [-0.39, 0.29) is 17.9 Å². The van der Waals surface area contributed by atoms with Gasteiger partial charge in [0.15, 0.2) is 0 Å². The van der Waals surface area contributed by atoms with Gasteiger partial charge in [0.25, 0.3) is 0 Å². The van der Waals surface area contributed by atoms with Gasteiger partial charge in [-0.3, -0.25) is 9.69 Å². The van der Waals surface area contributed by atoms with Crippen LogP contribution in [0.4, 0.5) is 11.4 Å². The Balaban J connectivity index is 1.59. The molecular weight excluding hydrogens is 422 g/mol. The van der Waals surface area contributed by atoms with E-state index in [1.54, 1.807) is 18.2 Å². The third-order valence-corrected chi connectivity index (χ3v) is 5.60. The Labute approximate surface area is 195 Å². The molecule has 0 bridgehead atoms. The van der Waals surface area contributed by atoms with E-state index in [0.717, 1.165) is 25.3 Å². The van der Waals surface area contributed by atoms with Crippen molar-refractivity contribution in [2.24, 2.45) is 0 Å². The smallest absolute Gasteiger partial charge is 0.337 e. The highest BCUT2D eigenvalue weighted by molar-refractivity contribution is 5.94. The average Bonchev–Trinajstić information content (AvgIpc) is 2.82. The summed E-state index contributed by atoms with van der Waals surface area (Å²) < 4.78 is 16.0. The Morgan fingerprint density at radius 2 is 1.76 bits per heavy atom. The van der Waals surface area contributed by atoms with E-state index >= 15 is 0 Å². The van der Waals surface area contributed by atoms with Crippen LogP contribution in [0.3, 0.4) is 0 Å². The lowest BCUT2D eigenvalue weighted by Gasteiger charge is -2.40. The number of piperazine rings is 1. The molecule has 0 spiro atoms. The number of benzene rings is 2. The van der Waals surface area contributed by atoms with Crippen molar-refractivity contribution in [2.45, 2.75) is 26.8 Å². The van der Waals surface area contributed by atoms with Crippen LogP contribution in [0.25, 0.3) is 0 Å². The highest BCUT2D eigenvalue weighted by Gasteiger charge is 2.26. The van der Waals surface area contributed by atoms with E-state index in [0.29, 0.717) is 42.5 Å². The van der Waals surface area contributed by atoms with Gasteiger partial charge >= 0.3 is 5.97 Å². The predicted molar refractivity (Wildman–Crippen MR) is 128 cm³/mol. The first-order valence-corrected chi connectivity index (χ1v) is 11.3. The minimum absolute atomic E-state index is 0.0904. The number of carbonyl (C=O) groups excluding carboxylic acids is 2. The Bertz CT molecular complexity index is 948. The highest BCUT2D eigenvalue weighted by atomic mass is 16.5. The van der Waals surface area contributed by atoms with E-state index in [4.69, 9.17) is 14.2 Å². The second kappa shape index (κ2) is 11.6. The lowest BCUT2D eigenvalue weighted by molar-refractivity contribution is -0.117. The van der Waals surface area contributed by atoms with E-state index in [1.807, 2.05) is 38.1 Å². The Morgan fingerprint density at radius 3 is 2.39 bits per heavy atom. The molecule has 3 rings (SSSR count). The average molecular weight is 456 g/mol. The number of rotatable bonds is 9. The zero-order valence-corrected chi connectivity index (χ0v) is 19.8. The van der Waals surface area contributed by atoms with E-state index in [2.05, 4.69) is 22.0 Å². The molecule has 1 amide bonds. The van der Waals surface area contributed by atoms with Crippen LogP contribution in [0.2, 0.25) is 0 Å². The molecule has 1 saturated heterocycles. The van der Waals surface area contributed by atoms with E-state index in [1.165, 1.54) is 7.11 Å². The van der Waals surface area contributed by atoms with Crippen molar-refractivity contribution in [1.29, 1.82) is 0 Å². The fourth-order valence-corrected chi connectivity index (χ4v) is 3.91. The monoisotopic (exact) mass is 455 g/mol. The fraction of sp³-hybridized carbons (Fsp3) is 0.440. The molecule has 2 aromatic carbocycles. The molecule has 0 aromatic heterocycles. The zero-order valence-electron chi connectivity index (χ0n) is 19.8. The summed E-state index contributed by atoms with van der Waals surface area (Å²) in [5.74, 6) is 0.886. The summed E-state index contributed by atoms with van der Waals surface area (Å²) in [4.78, 5) is 28.9. The Hall–Kier alpha value is -3.26. The maximum Gasteiger partial charge on any atom is 0.337 e. The SMILES string of the molecule is CCOc1ccc(OCC)c(NC(=O)CN2CCN(c3ccc(C(=O)OC)cc3)CC2C)c1. The number of methoxy groups -OCH3 is 1. The number of esters is 1. The number of anilines is 2. The van der Waals surface area contributed by atoms with Crippen molar-refractivity contribution in [3.05, 3.63) is 48.0 Å². The Kier molecular flexibility index (Phi) is 8.54. The van der Waals surface area contributed by atoms with Crippen molar-refractivity contribution in [3.8, 4) is 11.5 Å². The molecule has 33 heavy (non-hydrogen) atoms. The number of hydrogen-bond donors (Lipinski definition) is 1. The summed E-state index contributed by atoms with van der Waals surface area (Å²) >= 11 is 0. The topological polar surface area (TPSA) is 80.3 Å². The van der Waals surface area contributed by atoms with Gasteiger partial charge in [-0.15, -0.1) is 0 Å². The van der Waals surface area contributed by atoms with Gasteiger partial charge in [-0.05, 0) is 57.2 Å². The molecule has 1 aliphatic rings. The summed E-state index contributed by atoms with van der Waals surface area (Å²) in [5.41, 5.74) is 2.20. The van der Waals surface area contributed by atoms with Gasteiger partial charge < -0.3 is 24.4 Å². The van der Waals surface area contributed by atoms with Crippen LogP contribution >= 0.6 is 0 Å². The number of nitrogens with zero attached hydrogens (tertiary/aromatic N) is 2. The zero-order chi connectivity index (χ0) is 23.8. The van der Waals surface area contributed by atoms with Crippen molar-refractivity contribution in [2.75, 3.05) is 56.7 Å². The summed E-state index contributed by atoms with van der Waals surface area (Å²) in [6, 6.07) is 13.1.